The molecule has 2 saturated heterocycles. The van der Waals surface area contributed by atoms with E-state index in [0.717, 1.165) is 60.2 Å². The van der Waals surface area contributed by atoms with Gasteiger partial charge in [0.25, 0.3) is 0 Å². The topological polar surface area (TPSA) is 259 Å². The first-order valence-corrected chi connectivity index (χ1v) is 17.0. The number of nitrogens with zero attached hydrogens (tertiary/aromatic N) is 2. The fourth-order valence-electron chi connectivity index (χ4n) is 5.49. The molecule has 54 heavy (non-hydrogen) atoms. The minimum atomic E-state index is -1.82. The summed E-state index contributed by atoms with van der Waals surface area (Å²) >= 11 is 0.910. The Morgan fingerprint density at radius 2 is 1.02 bits per heavy atom. The number of hydrogen-bond donors (Lipinski definition) is 0. The van der Waals surface area contributed by atoms with Crippen LogP contribution < -0.4 is 0 Å². The van der Waals surface area contributed by atoms with Gasteiger partial charge >= 0.3 is 41.8 Å². The molecule has 0 amide bonds. The molecule has 0 radical (unpaired) electrons. The molecule has 1 aromatic rings. The second kappa shape index (κ2) is 19.7. The summed E-state index contributed by atoms with van der Waals surface area (Å²) in [5, 5.41) is 18.9. The number of thioether (sulfide) groups is 1. The second-order valence-electron chi connectivity index (χ2n) is 11.7. The van der Waals surface area contributed by atoms with Crippen LogP contribution in [-0.4, -0.2) is 116 Å². The lowest BCUT2D eigenvalue weighted by Gasteiger charge is -2.48. The van der Waals surface area contributed by atoms with Crippen molar-refractivity contribution in [1.82, 2.24) is 0 Å². The van der Waals surface area contributed by atoms with Crippen LogP contribution in [0.3, 0.4) is 0 Å². The molecule has 1 aromatic carbocycles. The lowest BCUT2D eigenvalue weighted by molar-refractivity contribution is -0.341. The molecular weight excluding hydrogens is 740 g/mol. The first kappa shape index (κ1) is 43.1. The Morgan fingerprint density at radius 3 is 1.50 bits per heavy atom. The maximum absolute atomic E-state index is 12.6. The Labute approximate surface area is 313 Å². The molecule has 292 valence electrons. The predicted molar refractivity (Wildman–Crippen MR) is 175 cm³/mol. The Hall–Kier alpha value is -5.28. The zero-order valence-corrected chi connectivity index (χ0v) is 31.0. The molecule has 0 N–H and O–H groups in total. The molecule has 0 saturated carbocycles. The fourth-order valence-corrected chi connectivity index (χ4v) is 6.63. The molecule has 19 nitrogen and oxygen atoms in total. The number of esters is 7. The van der Waals surface area contributed by atoms with Crippen LogP contribution in [0.25, 0.3) is 0 Å². The molecule has 2 fully saturated rings. The van der Waals surface area contributed by atoms with Gasteiger partial charge in [0.15, 0.2) is 36.8 Å². The highest BCUT2D eigenvalue weighted by Crippen LogP contribution is 2.40. The lowest BCUT2D eigenvalue weighted by Crippen LogP contribution is -2.66. The van der Waals surface area contributed by atoms with E-state index in [1.807, 2.05) is 12.1 Å². The van der Waals surface area contributed by atoms with Crippen molar-refractivity contribution in [2.45, 2.75) is 114 Å². The highest BCUT2D eigenvalue weighted by Gasteiger charge is 2.57. The summed E-state index contributed by atoms with van der Waals surface area (Å²) in [4.78, 5) is 86.3. The molecule has 3 rings (SSSR count). The minimum absolute atomic E-state index is 0.0280. The molecule has 2 aliphatic heterocycles. The Bertz CT molecular complexity index is 1690. The van der Waals surface area contributed by atoms with Crippen LogP contribution in [0.15, 0.2) is 23.1 Å². The van der Waals surface area contributed by atoms with Crippen molar-refractivity contribution in [1.29, 1.82) is 10.5 Å². The first-order valence-electron chi connectivity index (χ1n) is 16.1. The van der Waals surface area contributed by atoms with Crippen molar-refractivity contribution in [2.75, 3.05) is 13.2 Å². The zero-order valence-electron chi connectivity index (χ0n) is 30.2. The normalized spacial score (nSPS) is 27.4. The number of nitriles is 2. The van der Waals surface area contributed by atoms with Crippen molar-refractivity contribution in [2.24, 2.45) is 0 Å². The van der Waals surface area contributed by atoms with E-state index in [2.05, 4.69) is 0 Å². The summed E-state index contributed by atoms with van der Waals surface area (Å²) in [6, 6.07) is 8.10. The lowest BCUT2D eigenvalue weighted by atomic mass is 9.96. The molecule has 0 aliphatic carbocycles. The van der Waals surface area contributed by atoms with Crippen molar-refractivity contribution >= 4 is 53.5 Å². The van der Waals surface area contributed by atoms with Gasteiger partial charge in [-0.2, -0.15) is 10.5 Å². The van der Waals surface area contributed by atoms with E-state index >= 15 is 0 Å². The van der Waals surface area contributed by atoms with Crippen LogP contribution in [0.2, 0.25) is 0 Å². The summed E-state index contributed by atoms with van der Waals surface area (Å²) in [7, 11) is 0. The molecular formula is C34H38N2O17S. The van der Waals surface area contributed by atoms with Crippen molar-refractivity contribution in [3.8, 4) is 12.1 Å². The Kier molecular flexibility index (Phi) is 15.7. The fraction of sp³-hybridized carbons (Fsp3) is 0.559. The van der Waals surface area contributed by atoms with Gasteiger partial charge in [0.2, 0.25) is 0 Å². The highest BCUT2D eigenvalue weighted by molar-refractivity contribution is 7.99. The van der Waals surface area contributed by atoms with Crippen LogP contribution in [-0.2, 0) is 80.9 Å². The second-order valence-corrected chi connectivity index (χ2v) is 12.9. The highest BCUT2D eigenvalue weighted by atomic mass is 32.2. The summed E-state index contributed by atoms with van der Waals surface area (Å²) in [6.07, 6.45) is -14.2. The molecule has 0 bridgehead atoms. The minimum Gasteiger partial charge on any atom is -0.463 e. The molecule has 20 heteroatoms. The third-order valence-corrected chi connectivity index (χ3v) is 8.51. The monoisotopic (exact) mass is 778 g/mol. The summed E-state index contributed by atoms with van der Waals surface area (Å²) in [5.74, 6) is -5.99. The molecule has 0 spiro atoms. The average molecular weight is 779 g/mol. The molecule has 2 aliphatic rings. The zero-order chi connectivity index (χ0) is 40.3. The van der Waals surface area contributed by atoms with Gasteiger partial charge in [0, 0.05) is 53.4 Å². The number of ether oxygens (including phenoxy) is 10. The third kappa shape index (κ3) is 12.1. The van der Waals surface area contributed by atoms with E-state index in [9.17, 15) is 44.1 Å². The largest absolute Gasteiger partial charge is 0.463 e. The van der Waals surface area contributed by atoms with E-state index in [0.29, 0.717) is 4.90 Å². The van der Waals surface area contributed by atoms with Crippen LogP contribution in [0.4, 0.5) is 0 Å². The smallest absolute Gasteiger partial charge is 0.303 e. The van der Waals surface area contributed by atoms with Crippen molar-refractivity contribution in [3.05, 3.63) is 29.3 Å². The van der Waals surface area contributed by atoms with Crippen LogP contribution in [0.1, 0.15) is 59.6 Å². The summed E-state index contributed by atoms with van der Waals surface area (Å²) < 4.78 is 56.7. The van der Waals surface area contributed by atoms with Gasteiger partial charge in [-0.15, -0.1) is 0 Å². The number of benzene rings is 1. The predicted octanol–water partition coefficient (Wildman–Crippen LogP) is 1.14. The molecule has 0 aromatic heterocycles. The van der Waals surface area contributed by atoms with Crippen LogP contribution in [0.5, 0.6) is 0 Å². The molecule has 2 heterocycles. The number of hydrogen-bond acceptors (Lipinski definition) is 20. The molecule has 10 atom stereocenters. The first-order chi connectivity index (χ1) is 25.4. The van der Waals surface area contributed by atoms with Gasteiger partial charge in [0.05, 0.1) is 11.1 Å². The van der Waals surface area contributed by atoms with Crippen molar-refractivity contribution in [3.63, 3.8) is 0 Å². The van der Waals surface area contributed by atoms with Gasteiger partial charge in [-0.3, -0.25) is 33.6 Å². The summed E-state index contributed by atoms with van der Waals surface area (Å²) in [6.45, 7) is 6.25. The van der Waals surface area contributed by atoms with Gasteiger partial charge in [-0.05, 0) is 18.2 Å². The standard InChI is InChI=1S/C34H38N2O17S/c1-15(37)44-13-25-27(46-17(3)39)29(47-18(4)40)31(49-20(6)42)33(51-25)53-28-26(14-45-16(2)38)52-34(32(50-21(7)43)30(28)48-19(5)41)54-24-9-8-22(11-35)23(10-24)12-36/h8-10,25-34H,13-14H2,1-7H3/t25-,26-,27+,28-,29+,30+,31-,32-,33+,34+/m1/s1. The van der Waals surface area contributed by atoms with Gasteiger partial charge in [-0.1, -0.05) is 11.8 Å². The van der Waals surface area contributed by atoms with E-state index in [-0.39, 0.29) is 11.1 Å². The SMILES string of the molecule is CC(=O)OC[C@H]1O[C@@H](O[C@H]2[C@H](OC(C)=O)[C@@H](OC(C)=O)[C@H](Sc3ccc(C#N)c(C#N)c3)O[C@@H]2COC(C)=O)[C@H](OC(C)=O)[C@@H](OC(C)=O)[C@H]1OC(C)=O. The number of carbonyl (C=O) groups excluding carboxylic acids is 7. The van der Waals surface area contributed by atoms with Crippen molar-refractivity contribution < 1.29 is 80.9 Å². The van der Waals surface area contributed by atoms with Crippen LogP contribution in [0, 0.1) is 22.7 Å². The van der Waals surface area contributed by atoms with Crippen LogP contribution >= 0.6 is 11.8 Å². The number of carbonyl (C=O) groups is 7. The van der Waals surface area contributed by atoms with Gasteiger partial charge in [0.1, 0.15) is 49.1 Å². The number of rotatable bonds is 13. The van der Waals surface area contributed by atoms with E-state index in [4.69, 9.17) is 47.4 Å². The Morgan fingerprint density at radius 1 is 0.574 bits per heavy atom. The maximum Gasteiger partial charge on any atom is 0.303 e. The van der Waals surface area contributed by atoms with Gasteiger partial charge in [-0.25, -0.2) is 0 Å². The molecule has 0 unspecified atom stereocenters. The maximum atomic E-state index is 12.6. The Balaban J connectivity index is 2.19. The van der Waals surface area contributed by atoms with E-state index < -0.39 is 116 Å². The van der Waals surface area contributed by atoms with Gasteiger partial charge < -0.3 is 47.4 Å². The quantitative estimate of drug-likeness (QED) is 0.201. The summed E-state index contributed by atoms with van der Waals surface area (Å²) in [5.41, 5.74) is -1.14. The van der Waals surface area contributed by atoms with E-state index in [1.165, 1.54) is 18.2 Å². The third-order valence-electron chi connectivity index (χ3n) is 7.37. The average Bonchev–Trinajstić information content (AvgIpc) is 3.06. The van der Waals surface area contributed by atoms with E-state index in [1.54, 1.807) is 0 Å².